The molecule has 2 unspecified atom stereocenters. The van der Waals surface area contributed by atoms with Crippen molar-refractivity contribution >= 4 is 0 Å². The van der Waals surface area contributed by atoms with Crippen molar-refractivity contribution in [2.45, 2.75) is 45.7 Å². The van der Waals surface area contributed by atoms with Crippen molar-refractivity contribution in [2.24, 2.45) is 23.2 Å². The smallest absolute Gasteiger partial charge is 0.171 e. The van der Waals surface area contributed by atoms with Gasteiger partial charge in [0.05, 0.1) is 5.92 Å². The van der Waals surface area contributed by atoms with Crippen LogP contribution in [0.5, 0.6) is 0 Å². The molecule has 2 rings (SSSR count). The van der Waals surface area contributed by atoms with Crippen molar-refractivity contribution in [1.29, 1.82) is 0 Å². The standard InChI is InChI=1S/C11H17F3/c1-7(2)8-6-10(4-3-5-10)9(8)11(12,13)14/h7-9H,3-6H2,1-2H3. The van der Waals surface area contributed by atoms with E-state index in [2.05, 4.69) is 0 Å². The van der Waals surface area contributed by atoms with Crippen LogP contribution in [0.3, 0.4) is 0 Å². The van der Waals surface area contributed by atoms with Gasteiger partial charge in [-0.15, -0.1) is 0 Å². The van der Waals surface area contributed by atoms with Gasteiger partial charge in [0, 0.05) is 0 Å². The molecule has 0 aromatic heterocycles. The van der Waals surface area contributed by atoms with Crippen LogP contribution in [-0.2, 0) is 0 Å². The second-order valence-electron chi connectivity index (χ2n) is 5.35. The van der Waals surface area contributed by atoms with E-state index < -0.39 is 12.1 Å². The van der Waals surface area contributed by atoms with Crippen molar-refractivity contribution < 1.29 is 13.2 Å². The molecule has 2 saturated carbocycles. The maximum absolute atomic E-state index is 12.8. The highest BCUT2D eigenvalue weighted by Crippen LogP contribution is 2.68. The third-order valence-corrected chi connectivity index (χ3v) is 4.29. The Kier molecular flexibility index (Phi) is 2.13. The molecule has 2 atom stereocenters. The number of halogens is 3. The lowest BCUT2D eigenvalue weighted by molar-refractivity contribution is -0.291. The number of hydrogen-bond donors (Lipinski definition) is 0. The predicted molar refractivity (Wildman–Crippen MR) is 48.8 cm³/mol. The summed E-state index contributed by atoms with van der Waals surface area (Å²) in [4.78, 5) is 0. The lowest BCUT2D eigenvalue weighted by atomic mass is 9.43. The highest BCUT2D eigenvalue weighted by molar-refractivity contribution is 5.08. The normalized spacial score (nSPS) is 35.6. The van der Waals surface area contributed by atoms with Crippen LogP contribution in [0.1, 0.15) is 39.5 Å². The molecule has 0 aliphatic heterocycles. The van der Waals surface area contributed by atoms with Gasteiger partial charge in [-0.3, -0.25) is 0 Å². The van der Waals surface area contributed by atoms with E-state index in [4.69, 9.17) is 0 Å². The third kappa shape index (κ3) is 1.28. The van der Waals surface area contributed by atoms with Gasteiger partial charge in [-0.05, 0) is 36.5 Å². The number of hydrogen-bond acceptors (Lipinski definition) is 0. The summed E-state index contributed by atoms with van der Waals surface area (Å²) < 4.78 is 38.5. The van der Waals surface area contributed by atoms with Gasteiger partial charge in [-0.2, -0.15) is 13.2 Å². The summed E-state index contributed by atoms with van der Waals surface area (Å²) in [6.45, 7) is 3.82. The van der Waals surface area contributed by atoms with E-state index in [1.54, 1.807) is 0 Å². The van der Waals surface area contributed by atoms with E-state index in [0.29, 0.717) is 0 Å². The van der Waals surface area contributed by atoms with Gasteiger partial charge < -0.3 is 0 Å². The van der Waals surface area contributed by atoms with E-state index in [-0.39, 0.29) is 17.3 Å². The summed E-state index contributed by atoms with van der Waals surface area (Å²) in [5.41, 5.74) is -0.326. The minimum absolute atomic E-state index is 0.115. The molecular weight excluding hydrogens is 189 g/mol. The van der Waals surface area contributed by atoms with E-state index in [1.165, 1.54) is 0 Å². The quantitative estimate of drug-likeness (QED) is 0.608. The molecule has 2 aliphatic rings. The highest BCUT2D eigenvalue weighted by Gasteiger charge is 2.66. The molecule has 2 aliphatic carbocycles. The first kappa shape index (κ1) is 10.3. The molecule has 0 radical (unpaired) electrons. The van der Waals surface area contributed by atoms with Crippen molar-refractivity contribution in [1.82, 2.24) is 0 Å². The van der Waals surface area contributed by atoms with Crippen LogP contribution < -0.4 is 0 Å². The van der Waals surface area contributed by atoms with Crippen LogP contribution in [-0.4, -0.2) is 6.18 Å². The van der Waals surface area contributed by atoms with E-state index >= 15 is 0 Å². The van der Waals surface area contributed by atoms with Crippen LogP contribution in [0.15, 0.2) is 0 Å². The first-order valence-electron chi connectivity index (χ1n) is 5.43. The lowest BCUT2D eigenvalue weighted by Gasteiger charge is -2.62. The molecule has 14 heavy (non-hydrogen) atoms. The predicted octanol–water partition coefficient (Wildman–Crippen LogP) is 4.01. The third-order valence-electron chi connectivity index (χ3n) is 4.29. The first-order chi connectivity index (χ1) is 6.37. The highest BCUT2D eigenvalue weighted by atomic mass is 19.4. The zero-order chi connectivity index (χ0) is 10.6. The molecule has 0 bridgehead atoms. The summed E-state index contributed by atoms with van der Waals surface area (Å²) in [6, 6.07) is 0. The van der Waals surface area contributed by atoms with Gasteiger partial charge in [-0.1, -0.05) is 20.3 Å². The first-order valence-corrected chi connectivity index (χ1v) is 5.43. The molecule has 0 aromatic rings. The Balaban J connectivity index is 2.13. The van der Waals surface area contributed by atoms with Crippen molar-refractivity contribution in [3.63, 3.8) is 0 Å². The monoisotopic (exact) mass is 206 g/mol. The van der Waals surface area contributed by atoms with Crippen LogP contribution in [0.25, 0.3) is 0 Å². The fourth-order valence-electron chi connectivity index (χ4n) is 3.36. The molecule has 1 spiro atoms. The largest absolute Gasteiger partial charge is 0.392 e. The van der Waals surface area contributed by atoms with Gasteiger partial charge in [0.15, 0.2) is 0 Å². The van der Waals surface area contributed by atoms with Gasteiger partial charge >= 0.3 is 6.18 Å². The topological polar surface area (TPSA) is 0 Å². The maximum Gasteiger partial charge on any atom is 0.392 e. The van der Waals surface area contributed by atoms with Crippen molar-refractivity contribution in [3.05, 3.63) is 0 Å². The van der Waals surface area contributed by atoms with Gasteiger partial charge in [0.1, 0.15) is 0 Å². The summed E-state index contributed by atoms with van der Waals surface area (Å²) in [6.07, 6.45) is -0.541. The van der Waals surface area contributed by atoms with E-state index in [9.17, 15) is 13.2 Å². The van der Waals surface area contributed by atoms with Crippen LogP contribution in [0, 0.1) is 23.2 Å². The summed E-state index contributed by atoms with van der Waals surface area (Å²) >= 11 is 0. The molecule has 0 amide bonds. The fourth-order valence-corrected chi connectivity index (χ4v) is 3.36. The van der Waals surface area contributed by atoms with Crippen molar-refractivity contribution in [3.8, 4) is 0 Å². The number of rotatable bonds is 1. The maximum atomic E-state index is 12.8. The summed E-state index contributed by atoms with van der Waals surface area (Å²) in [5.74, 6) is -0.938. The van der Waals surface area contributed by atoms with Gasteiger partial charge in [0.2, 0.25) is 0 Å². The Bertz CT molecular complexity index is 225. The van der Waals surface area contributed by atoms with Crippen molar-refractivity contribution in [2.75, 3.05) is 0 Å². The lowest BCUT2D eigenvalue weighted by Crippen LogP contribution is -2.59. The summed E-state index contributed by atoms with van der Waals surface area (Å²) in [7, 11) is 0. The van der Waals surface area contributed by atoms with Gasteiger partial charge in [-0.25, -0.2) is 0 Å². The molecule has 3 heteroatoms. The molecule has 2 fully saturated rings. The Hall–Kier alpha value is -0.210. The Morgan fingerprint density at radius 2 is 1.79 bits per heavy atom. The fraction of sp³-hybridized carbons (Fsp3) is 1.00. The summed E-state index contributed by atoms with van der Waals surface area (Å²) in [5, 5.41) is 0. The van der Waals surface area contributed by atoms with E-state index in [0.717, 1.165) is 25.7 Å². The van der Waals surface area contributed by atoms with Crippen LogP contribution in [0.4, 0.5) is 13.2 Å². The van der Waals surface area contributed by atoms with Crippen LogP contribution >= 0.6 is 0 Å². The molecule has 0 N–H and O–H groups in total. The minimum Gasteiger partial charge on any atom is -0.171 e. The zero-order valence-electron chi connectivity index (χ0n) is 8.69. The van der Waals surface area contributed by atoms with E-state index in [1.807, 2.05) is 13.8 Å². The average molecular weight is 206 g/mol. The Morgan fingerprint density at radius 1 is 1.21 bits per heavy atom. The molecule has 0 heterocycles. The SMILES string of the molecule is CC(C)C1CC2(CCC2)C1C(F)(F)F. The molecule has 0 nitrogen and oxygen atoms in total. The molecule has 0 aromatic carbocycles. The molecule has 82 valence electrons. The Labute approximate surface area is 82.9 Å². The van der Waals surface area contributed by atoms with Gasteiger partial charge in [0.25, 0.3) is 0 Å². The average Bonchev–Trinajstić information content (AvgIpc) is 1.74. The number of alkyl halides is 3. The Morgan fingerprint density at radius 3 is 2.07 bits per heavy atom. The zero-order valence-corrected chi connectivity index (χ0v) is 8.69. The molecule has 0 saturated heterocycles. The second kappa shape index (κ2) is 2.89. The second-order valence-corrected chi connectivity index (χ2v) is 5.35. The minimum atomic E-state index is -3.96. The van der Waals surface area contributed by atoms with Crippen LogP contribution in [0.2, 0.25) is 0 Å². The molecular formula is C11H17F3.